The van der Waals surface area contributed by atoms with Crippen molar-refractivity contribution in [3.05, 3.63) is 92.6 Å². The standard InChI is InChI=1S/C33H34BrN5O8/c1-5-45-26-14-21(30-29(32(41)44-4)19(2)37-33(42)38-30)10-11-25(26)46-18-28(40)39-36-16-20-12-24(34)31(27(13-20)43-3)47-17-23-9-7-6-8-22(23)15-35/h6-14,16,28,30,39-40H,5,17-18H2,1-4H3,(H2,37,38,42)/b36-16-/t28-,30+/m1/s1. The minimum atomic E-state index is -1.19. The Hall–Kier alpha value is -5.26. The summed E-state index contributed by atoms with van der Waals surface area (Å²) in [5, 5.41) is 29.3. The van der Waals surface area contributed by atoms with Crippen LogP contribution in [0.2, 0.25) is 0 Å². The van der Waals surface area contributed by atoms with E-state index in [0.717, 1.165) is 5.56 Å². The maximum absolute atomic E-state index is 12.5. The molecule has 0 aromatic heterocycles. The van der Waals surface area contributed by atoms with Gasteiger partial charge in [0.1, 0.15) is 13.2 Å². The highest BCUT2D eigenvalue weighted by Gasteiger charge is 2.32. The minimum Gasteiger partial charge on any atom is -0.493 e. The van der Waals surface area contributed by atoms with Gasteiger partial charge in [-0.2, -0.15) is 10.4 Å². The van der Waals surface area contributed by atoms with E-state index >= 15 is 0 Å². The number of carbonyl (C=O) groups is 2. The van der Waals surface area contributed by atoms with Gasteiger partial charge in [0.2, 0.25) is 0 Å². The van der Waals surface area contributed by atoms with Crippen molar-refractivity contribution >= 4 is 34.1 Å². The number of hydrazone groups is 1. The predicted octanol–water partition coefficient (Wildman–Crippen LogP) is 4.43. The zero-order chi connectivity index (χ0) is 33.9. The summed E-state index contributed by atoms with van der Waals surface area (Å²) in [6.07, 6.45) is 0.307. The average Bonchev–Trinajstić information content (AvgIpc) is 3.06. The molecule has 0 fully saturated rings. The molecule has 0 unspecified atom stereocenters. The molecule has 0 radical (unpaired) electrons. The second-order valence-electron chi connectivity index (χ2n) is 10.0. The molecule has 4 rings (SSSR count). The summed E-state index contributed by atoms with van der Waals surface area (Å²) in [5.41, 5.74) is 5.74. The number of urea groups is 1. The lowest BCUT2D eigenvalue weighted by Crippen LogP contribution is -2.45. The van der Waals surface area contributed by atoms with E-state index < -0.39 is 24.3 Å². The smallest absolute Gasteiger partial charge is 0.337 e. The minimum absolute atomic E-state index is 0.174. The van der Waals surface area contributed by atoms with Crippen LogP contribution in [-0.4, -0.2) is 57.0 Å². The van der Waals surface area contributed by atoms with Gasteiger partial charge in [-0.3, -0.25) is 5.43 Å². The van der Waals surface area contributed by atoms with E-state index in [0.29, 0.717) is 56.5 Å². The van der Waals surface area contributed by atoms with E-state index in [1.807, 2.05) is 12.1 Å². The number of ether oxygens (including phenoxy) is 5. The third-order valence-corrected chi connectivity index (χ3v) is 7.46. The van der Waals surface area contributed by atoms with Crippen molar-refractivity contribution in [1.82, 2.24) is 16.1 Å². The van der Waals surface area contributed by atoms with Crippen LogP contribution in [0.4, 0.5) is 4.79 Å². The molecule has 13 nitrogen and oxygen atoms in total. The highest BCUT2D eigenvalue weighted by atomic mass is 79.9. The van der Waals surface area contributed by atoms with Gasteiger partial charge in [-0.05, 0) is 71.2 Å². The molecule has 4 N–H and O–H groups in total. The topological polar surface area (TPSA) is 173 Å². The van der Waals surface area contributed by atoms with Gasteiger partial charge in [0.05, 0.1) is 54.8 Å². The Kier molecular flexibility index (Phi) is 12.0. The Labute approximate surface area is 280 Å². The molecule has 0 bridgehead atoms. The van der Waals surface area contributed by atoms with E-state index in [4.69, 9.17) is 23.7 Å². The molecule has 14 heteroatoms. The first-order chi connectivity index (χ1) is 22.7. The zero-order valence-corrected chi connectivity index (χ0v) is 27.7. The number of hydrogen-bond acceptors (Lipinski definition) is 11. The number of rotatable bonds is 14. The first-order valence-corrected chi connectivity index (χ1v) is 15.2. The summed E-state index contributed by atoms with van der Waals surface area (Å²) in [7, 11) is 2.78. The van der Waals surface area contributed by atoms with Crippen molar-refractivity contribution in [3.63, 3.8) is 0 Å². The number of amides is 2. The Morgan fingerprint density at radius 3 is 2.64 bits per heavy atom. The molecule has 0 aliphatic carbocycles. The lowest BCUT2D eigenvalue weighted by molar-refractivity contribution is -0.136. The van der Waals surface area contributed by atoms with E-state index in [-0.39, 0.29) is 18.8 Å². The van der Waals surface area contributed by atoms with E-state index in [9.17, 15) is 20.0 Å². The Bertz CT molecular complexity index is 1720. The number of carbonyl (C=O) groups excluding carboxylic acids is 2. The van der Waals surface area contributed by atoms with Crippen LogP contribution in [0.5, 0.6) is 23.0 Å². The normalized spacial score (nSPS) is 14.8. The number of methoxy groups -OCH3 is 2. The second kappa shape index (κ2) is 16.3. The number of esters is 1. The molecule has 1 aliphatic rings. The number of halogens is 1. The molecule has 0 saturated carbocycles. The zero-order valence-electron chi connectivity index (χ0n) is 26.1. The number of allylic oxidation sites excluding steroid dienone is 1. The maximum atomic E-state index is 12.5. The highest BCUT2D eigenvalue weighted by Crippen LogP contribution is 2.37. The highest BCUT2D eigenvalue weighted by molar-refractivity contribution is 9.10. The van der Waals surface area contributed by atoms with Crippen LogP contribution in [-0.2, 0) is 16.1 Å². The van der Waals surface area contributed by atoms with Crippen molar-refractivity contribution in [2.45, 2.75) is 32.7 Å². The van der Waals surface area contributed by atoms with Gasteiger partial charge < -0.3 is 39.4 Å². The second-order valence-corrected chi connectivity index (χ2v) is 10.9. The SMILES string of the molecule is CCOc1cc([C@@H]2NC(=O)NC(C)=C2C(=O)OC)ccc1OC[C@@H](O)N/N=C\c1cc(Br)c(OCc2ccccc2C#N)c(OC)c1. The fourth-order valence-electron chi connectivity index (χ4n) is 4.68. The van der Waals surface area contributed by atoms with Crippen LogP contribution in [0.15, 0.2) is 75.4 Å². The van der Waals surface area contributed by atoms with Crippen LogP contribution >= 0.6 is 15.9 Å². The number of aliphatic hydroxyl groups excluding tert-OH is 1. The summed E-state index contributed by atoms with van der Waals surface area (Å²) >= 11 is 3.51. The average molecular weight is 709 g/mol. The number of hydrogen-bond donors (Lipinski definition) is 4. The lowest BCUT2D eigenvalue weighted by Gasteiger charge is -2.28. The maximum Gasteiger partial charge on any atom is 0.337 e. The summed E-state index contributed by atoms with van der Waals surface area (Å²) in [6.45, 7) is 3.73. The van der Waals surface area contributed by atoms with Gasteiger partial charge in [0.15, 0.2) is 29.2 Å². The molecule has 246 valence electrons. The Morgan fingerprint density at radius 1 is 1.13 bits per heavy atom. The van der Waals surface area contributed by atoms with Crippen LogP contribution < -0.4 is 35.0 Å². The molecule has 3 aromatic rings. The summed E-state index contributed by atoms with van der Waals surface area (Å²) < 4.78 is 28.6. The fraction of sp³-hybridized carbons (Fsp3) is 0.273. The summed E-state index contributed by atoms with van der Waals surface area (Å²) in [6, 6.07) is 16.6. The van der Waals surface area contributed by atoms with Gasteiger partial charge in [-0.25, -0.2) is 9.59 Å². The number of benzene rings is 3. The number of nitrogens with one attached hydrogen (secondary N) is 3. The van der Waals surface area contributed by atoms with Gasteiger partial charge >= 0.3 is 12.0 Å². The largest absolute Gasteiger partial charge is 0.493 e. The molecule has 2 atom stereocenters. The monoisotopic (exact) mass is 707 g/mol. The van der Waals surface area contributed by atoms with Crippen molar-refractivity contribution in [2.24, 2.45) is 5.10 Å². The Morgan fingerprint density at radius 2 is 1.91 bits per heavy atom. The van der Waals surface area contributed by atoms with Crippen molar-refractivity contribution in [2.75, 3.05) is 27.4 Å². The number of aliphatic hydroxyl groups is 1. The van der Waals surface area contributed by atoms with Gasteiger partial charge in [-0.15, -0.1) is 0 Å². The first-order valence-electron chi connectivity index (χ1n) is 14.4. The van der Waals surface area contributed by atoms with Crippen LogP contribution in [0, 0.1) is 11.3 Å². The van der Waals surface area contributed by atoms with E-state index in [2.05, 4.69) is 43.2 Å². The molecule has 0 saturated heterocycles. The van der Waals surface area contributed by atoms with Gasteiger partial charge in [-0.1, -0.05) is 24.3 Å². The molecule has 47 heavy (non-hydrogen) atoms. The van der Waals surface area contributed by atoms with Crippen molar-refractivity contribution in [1.29, 1.82) is 5.26 Å². The van der Waals surface area contributed by atoms with Crippen LogP contribution in [0.25, 0.3) is 0 Å². The van der Waals surface area contributed by atoms with Crippen LogP contribution in [0.1, 0.15) is 42.1 Å². The first kappa shape index (κ1) is 34.6. The molecule has 2 amide bonds. The molecule has 1 aliphatic heterocycles. The Balaban J connectivity index is 1.39. The number of nitriles is 1. The van der Waals surface area contributed by atoms with E-state index in [1.54, 1.807) is 56.3 Å². The van der Waals surface area contributed by atoms with Gasteiger partial charge in [0, 0.05) is 11.3 Å². The van der Waals surface area contributed by atoms with Crippen molar-refractivity contribution < 1.29 is 38.4 Å². The van der Waals surface area contributed by atoms with E-state index in [1.165, 1.54) is 20.4 Å². The molecule has 3 aromatic carbocycles. The predicted molar refractivity (Wildman–Crippen MR) is 175 cm³/mol. The summed E-state index contributed by atoms with van der Waals surface area (Å²) in [5.74, 6) is 1.01. The fourth-order valence-corrected chi connectivity index (χ4v) is 5.25. The van der Waals surface area contributed by atoms with Crippen molar-refractivity contribution in [3.8, 4) is 29.1 Å². The molecular weight excluding hydrogens is 674 g/mol. The third kappa shape index (κ3) is 8.72. The number of nitrogens with zero attached hydrogens (tertiary/aromatic N) is 2. The molecule has 0 spiro atoms. The van der Waals surface area contributed by atoms with Gasteiger partial charge in [0.25, 0.3) is 0 Å². The quantitative estimate of drug-likeness (QED) is 0.0813. The molecule has 1 heterocycles. The third-order valence-electron chi connectivity index (χ3n) is 6.87. The summed E-state index contributed by atoms with van der Waals surface area (Å²) in [4.78, 5) is 24.6. The van der Waals surface area contributed by atoms with Crippen LogP contribution in [0.3, 0.4) is 0 Å². The molecular formula is C33H34BrN5O8. The lowest BCUT2D eigenvalue weighted by atomic mass is 9.95.